The Balaban J connectivity index is 1.98. The summed E-state index contributed by atoms with van der Waals surface area (Å²) < 4.78 is 13.9. The van der Waals surface area contributed by atoms with Crippen LogP contribution in [0.5, 0.6) is 0 Å². The third kappa shape index (κ3) is 2.60. The molecule has 1 aliphatic heterocycles. The number of carbonyl (C=O) groups excluding carboxylic acids is 1. The molecule has 2 nitrogen and oxygen atoms in total. The molecule has 0 radical (unpaired) electrons. The number of fused-ring (bicyclic) bond motifs is 1. The van der Waals surface area contributed by atoms with Crippen molar-refractivity contribution < 1.29 is 9.18 Å². The first kappa shape index (κ1) is 14.3. The third-order valence-corrected chi connectivity index (χ3v) is 4.94. The Morgan fingerprint density at radius 3 is 2.71 bits per heavy atom. The van der Waals surface area contributed by atoms with Crippen LogP contribution in [0.15, 0.2) is 42.5 Å². The molecular formula is C17H15BrFNO. The van der Waals surface area contributed by atoms with Gasteiger partial charge in [-0.15, -0.1) is 0 Å². The minimum atomic E-state index is -0.218. The van der Waals surface area contributed by atoms with Gasteiger partial charge in [-0.2, -0.15) is 0 Å². The number of rotatable bonds is 2. The van der Waals surface area contributed by atoms with Crippen LogP contribution in [0, 0.1) is 5.82 Å². The maximum absolute atomic E-state index is 13.9. The summed E-state index contributed by atoms with van der Waals surface area (Å²) >= 11 is 3.58. The average Bonchev–Trinajstić information content (AvgIpc) is 2.50. The smallest absolute Gasteiger partial charge is 0.227 e. The SMILES string of the molecule is CN1C(=O)CCc2cc(C(Br)c3ccccc3F)ccc21. The van der Waals surface area contributed by atoms with Crippen LogP contribution in [0.4, 0.5) is 10.1 Å². The van der Waals surface area contributed by atoms with Gasteiger partial charge in [-0.1, -0.05) is 46.3 Å². The molecule has 1 amide bonds. The van der Waals surface area contributed by atoms with Gasteiger partial charge in [0.15, 0.2) is 0 Å². The molecule has 1 atom stereocenters. The molecule has 0 aromatic heterocycles. The molecule has 2 aromatic carbocycles. The first-order chi connectivity index (χ1) is 10.1. The molecule has 1 aliphatic rings. The van der Waals surface area contributed by atoms with Crippen LogP contribution in [0.25, 0.3) is 0 Å². The Bertz CT molecular complexity index is 701. The number of hydrogen-bond donors (Lipinski definition) is 0. The first-order valence-corrected chi connectivity index (χ1v) is 7.77. The van der Waals surface area contributed by atoms with E-state index in [2.05, 4.69) is 22.0 Å². The van der Waals surface area contributed by atoms with Crippen molar-refractivity contribution >= 4 is 27.5 Å². The second kappa shape index (κ2) is 5.60. The highest BCUT2D eigenvalue weighted by Gasteiger charge is 2.22. The number of alkyl halides is 1. The molecule has 21 heavy (non-hydrogen) atoms. The number of carbonyl (C=O) groups is 1. The summed E-state index contributed by atoms with van der Waals surface area (Å²) in [7, 11) is 1.79. The molecule has 2 aromatic rings. The lowest BCUT2D eigenvalue weighted by Gasteiger charge is -2.26. The number of benzene rings is 2. The van der Waals surface area contributed by atoms with Crippen molar-refractivity contribution in [2.75, 3.05) is 11.9 Å². The monoisotopic (exact) mass is 347 g/mol. The summed E-state index contributed by atoms with van der Waals surface area (Å²) in [5.74, 6) is -0.0795. The van der Waals surface area contributed by atoms with E-state index < -0.39 is 0 Å². The number of anilines is 1. The van der Waals surface area contributed by atoms with Crippen LogP contribution >= 0.6 is 15.9 Å². The van der Waals surface area contributed by atoms with E-state index in [0.29, 0.717) is 12.0 Å². The molecule has 0 saturated carbocycles. The standard InChI is InChI=1S/C17H15BrFNO/c1-20-15-8-6-12(10-11(15)7-9-16(20)21)17(18)13-4-2-3-5-14(13)19/h2-6,8,10,17H,7,9H2,1H3. The van der Waals surface area contributed by atoms with Gasteiger partial charge in [0.25, 0.3) is 0 Å². The predicted octanol–water partition coefficient (Wildman–Crippen LogP) is 4.22. The number of aryl methyl sites for hydroxylation is 1. The number of hydrogen-bond acceptors (Lipinski definition) is 1. The van der Waals surface area contributed by atoms with Crippen molar-refractivity contribution in [2.24, 2.45) is 0 Å². The third-order valence-electron chi connectivity index (χ3n) is 3.92. The van der Waals surface area contributed by atoms with Gasteiger partial charge in [0, 0.05) is 24.7 Å². The van der Waals surface area contributed by atoms with Gasteiger partial charge in [0.05, 0.1) is 4.83 Å². The Kier molecular flexibility index (Phi) is 3.81. The largest absolute Gasteiger partial charge is 0.315 e. The molecular weight excluding hydrogens is 333 g/mol. The van der Waals surface area contributed by atoms with Gasteiger partial charge < -0.3 is 4.90 Å². The van der Waals surface area contributed by atoms with Crippen LogP contribution < -0.4 is 4.90 Å². The summed E-state index contributed by atoms with van der Waals surface area (Å²) in [5.41, 5.74) is 3.71. The Morgan fingerprint density at radius 2 is 1.95 bits per heavy atom. The van der Waals surface area contributed by atoms with E-state index in [1.165, 1.54) is 6.07 Å². The van der Waals surface area contributed by atoms with Gasteiger partial charge in [-0.05, 0) is 29.7 Å². The van der Waals surface area contributed by atoms with E-state index in [0.717, 1.165) is 23.2 Å². The van der Waals surface area contributed by atoms with Crippen LogP contribution in [0.3, 0.4) is 0 Å². The quantitative estimate of drug-likeness (QED) is 0.745. The molecule has 108 valence electrons. The van der Waals surface area contributed by atoms with E-state index in [9.17, 15) is 9.18 Å². The van der Waals surface area contributed by atoms with E-state index >= 15 is 0 Å². The van der Waals surface area contributed by atoms with Gasteiger partial charge in [0.2, 0.25) is 5.91 Å². The average molecular weight is 348 g/mol. The lowest BCUT2D eigenvalue weighted by Crippen LogP contribution is -2.31. The highest BCUT2D eigenvalue weighted by molar-refractivity contribution is 9.09. The van der Waals surface area contributed by atoms with Crippen molar-refractivity contribution in [1.82, 2.24) is 0 Å². The maximum Gasteiger partial charge on any atom is 0.227 e. The fraction of sp³-hybridized carbons (Fsp3) is 0.235. The summed E-state index contributed by atoms with van der Waals surface area (Å²) in [6, 6.07) is 12.7. The highest BCUT2D eigenvalue weighted by atomic mass is 79.9. The Hall–Kier alpha value is -1.68. The van der Waals surface area contributed by atoms with E-state index in [1.807, 2.05) is 18.2 Å². The molecule has 4 heteroatoms. The Morgan fingerprint density at radius 1 is 1.19 bits per heavy atom. The highest BCUT2D eigenvalue weighted by Crippen LogP contribution is 2.36. The summed E-state index contributed by atoms with van der Waals surface area (Å²) in [5, 5.41) is 0. The molecule has 0 bridgehead atoms. The summed E-state index contributed by atoms with van der Waals surface area (Å²) in [4.78, 5) is 13.2. The summed E-state index contributed by atoms with van der Waals surface area (Å²) in [6.45, 7) is 0. The number of amides is 1. The van der Waals surface area contributed by atoms with Crippen molar-refractivity contribution in [1.29, 1.82) is 0 Å². The molecule has 0 fully saturated rings. The normalized spacial score (nSPS) is 15.8. The van der Waals surface area contributed by atoms with Crippen molar-refractivity contribution in [3.63, 3.8) is 0 Å². The van der Waals surface area contributed by atoms with Crippen molar-refractivity contribution in [3.8, 4) is 0 Å². The van der Waals surface area contributed by atoms with Gasteiger partial charge in [-0.25, -0.2) is 4.39 Å². The van der Waals surface area contributed by atoms with Crippen molar-refractivity contribution in [3.05, 3.63) is 65.0 Å². The van der Waals surface area contributed by atoms with E-state index in [-0.39, 0.29) is 16.6 Å². The second-order valence-corrected chi connectivity index (χ2v) is 6.14. The molecule has 0 aliphatic carbocycles. The van der Waals surface area contributed by atoms with Crippen molar-refractivity contribution in [2.45, 2.75) is 17.7 Å². The lowest BCUT2D eigenvalue weighted by atomic mass is 9.96. The lowest BCUT2D eigenvalue weighted by molar-refractivity contribution is -0.118. The molecule has 0 N–H and O–H groups in total. The van der Waals surface area contributed by atoms with Gasteiger partial charge >= 0.3 is 0 Å². The van der Waals surface area contributed by atoms with Crippen LogP contribution in [0.2, 0.25) is 0 Å². The second-order valence-electron chi connectivity index (χ2n) is 5.22. The van der Waals surface area contributed by atoms with Crippen LogP contribution in [-0.2, 0) is 11.2 Å². The van der Waals surface area contributed by atoms with E-state index in [1.54, 1.807) is 24.1 Å². The fourth-order valence-corrected chi connectivity index (χ4v) is 3.35. The van der Waals surface area contributed by atoms with Gasteiger partial charge in [-0.3, -0.25) is 4.79 Å². The fourth-order valence-electron chi connectivity index (χ4n) is 2.69. The molecule has 1 heterocycles. The number of halogens is 2. The molecule has 3 rings (SSSR count). The predicted molar refractivity (Wildman–Crippen MR) is 85.3 cm³/mol. The van der Waals surface area contributed by atoms with E-state index in [4.69, 9.17) is 0 Å². The van der Waals surface area contributed by atoms with Gasteiger partial charge in [0.1, 0.15) is 5.82 Å². The summed E-state index contributed by atoms with van der Waals surface area (Å²) in [6.07, 6.45) is 1.27. The minimum Gasteiger partial charge on any atom is -0.315 e. The topological polar surface area (TPSA) is 20.3 Å². The zero-order valence-corrected chi connectivity index (χ0v) is 13.2. The number of nitrogens with zero attached hydrogens (tertiary/aromatic N) is 1. The first-order valence-electron chi connectivity index (χ1n) is 6.86. The molecule has 0 saturated heterocycles. The zero-order chi connectivity index (χ0) is 15.0. The Labute approximate surface area is 131 Å². The minimum absolute atomic E-state index is 0.139. The van der Waals surface area contributed by atoms with Crippen LogP contribution in [-0.4, -0.2) is 13.0 Å². The molecule has 1 unspecified atom stereocenters. The van der Waals surface area contributed by atoms with Crippen LogP contribution in [0.1, 0.15) is 27.9 Å². The maximum atomic E-state index is 13.9. The zero-order valence-electron chi connectivity index (χ0n) is 11.6. The molecule has 0 spiro atoms.